The van der Waals surface area contributed by atoms with Crippen LogP contribution < -0.4 is 4.31 Å². The van der Waals surface area contributed by atoms with Gasteiger partial charge in [-0.05, 0) is 42.8 Å². The number of anilines is 1. The zero-order valence-corrected chi connectivity index (χ0v) is 14.5. The number of hydrogen-bond acceptors (Lipinski definition) is 2. The van der Waals surface area contributed by atoms with Crippen molar-refractivity contribution in [3.05, 3.63) is 96.3 Å². The number of benzene rings is 3. The number of sulfonamides is 1. The van der Waals surface area contributed by atoms with E-state index in [1.165, 1.54) is 22.5 Å². The van der Waals surface area contributed by atoms with Gasteiger partial charge in [0.2, 0.25) is 0 Å². The average Bonchev–Trinajstić information content (AvgIpc) is 2.63. The van der Waals surface area contributed by atoms with Crippen LogP contribution in [0.4, 0.5) is 10.1 Å². The molecule has 0 saturated carbocycles. The Morgan fingerprint density at radius 3 is 2.04 bits per heavy atom. The van der Waals surface area contributed by atoms with E-state index in [0.29, 0.717) is 5.69 Å². The smallest absolute Gasteiger partial charge is 0.259 e. The summed E-state index contributed by atoms with van der Waals surface area (Å²) >= 11 is 0. The van der Waals surface area contributed by atoms with E-state index in [1.54, 1.807) is 24.3 Å². The Morgan fingerprint density at radius 1 is 0.840 bits per heavy atom. The van der Waals surface area contributed by atoms with Crippen molar-refractivity contribution in [2.24, 2.45) is 0 Å². The molecule has 0 aliphatic heterocycles. The molecule has 0 aliphatic rings. The Hall–Kier alpha value is -2.66. The van der Waals surface area contributed by atoms with Gasteiger partial charge < -0.3 is 0 Å². The van der Waals surface area contributed by atoms with Crippen molar-refractivity contribution in [3.8, 4) is 0 Å². The molecule has 0 aliphatic carbocycles. The van der Waals surface area contributed by atoms with E-state index in [0.717, 1.165) is 11.6 Å². The molecule has 25 heavy (non-hydrogen) atoms. The molecule has 0 fully saturated rings. The molecule has 1 atom stereocenters. The molecule has 3 aromatic rings. The summed E-state index contributed by atoms with van der Waals surface area (Å²) in [6, 6.07) is 22.8. The first kappa shape index (κ1) is 17.2. The molecule has 0 heterocycles. The van der Waals surface area contributed by atoms with Crippen LogP contribution in [0.3, 0.4) is 0 Å². The monoisotopic (exact) mass is 355 g/mol. The number of rotatable bonds is 5. The quantitative estimate of drug-likeness (QED) is 0.660. The second kappa shape index (κ2) is 7.07. The molecular weight excluding hydrogens is 337 g/mol. The molecule has 3 rings (SSSR count). The van der Waals surface area contributed by atoms with Gasteiger partial charge in [-0.3, -0.25) is 4.31 Å². The van der Waals surface area contributed by atoms with Gasteiger partial charge in [-0.15, -0.1) is 0 Å². The molecule has 0 amide bonds. The Morgan fingerprint density at radius 2 is 1.44 bits per heavy atom. The lowest BCUT2D eigenvalue weighted by Crippen LogP contribution is -2.33. The third-order valence-corrected chi connectivity index (χ3v) is 5.89. The van der Waals surface area contributed by atoms with E-state index in [2.05, 4.69) is 0 Å². The highest BCUT2D eigenvalue weighted by molar-refractivity contribution is 7.92. The zero-order chi connectivity index (χ0) is 17.9. The Kier molecular flexibility index (Phi) is 4.86. The van der Waals surface area contributed by atoms with Crippen molar-refractivity contribution in [2.45, 2.75) is 17.9 Å². The summed E-state index contributed by atoms with van der Waals surface area (Å²) in [6.45, 7) is 1.82. The van der Waals surface area contributed by atoms with Crippen LogP contribution in [0.15, 0.2) is 89.8 Å². The van der Waals surface area contributed by atoms with Crippen LogP contribution in [0.2, 0.25) is 0 Å². The van der Waals surface area contributed by atoms with Gasteiger partial charge >= 0.3 is 0 Å². The van der Waals surface area contributed by atoms with Crippen LogP contribution in [-0.2, 0) is 10.0 Å². The molecule has 0 spiro atoms. The van der Waals surface area contributed by atoms with Crippen molar-refractivity contribution < 1.29 is 12.8 Å². The normalized spacial score (nSPS) is 12.6. The molecular formula is C20H18FNO2S. The summed E-state index contributed by atoms with van der Waals surface area (Å²) in [5.41, 5.74) is 1.38. The second-order valence-corrected chi connectivity index (χ2v) is 7.50. The van der Waals surface area contributed by atoms with Crippen LogP contribution in [0.5, 0.6) is 0 Å². The largest absolute Gasteiger partial charge is 0.264 e. The van der Waals surface area contributed by atoms with Crippen LogP contribution in [0, 0.1) is 5.82 Å². The van der Waals surface area contributed by atoms with Gasteiger partial charge in [0.15, 0.2) is 0 Å². The van der Waals surface area contributed by atoms with Crippen molar-refractivity contribution in [3.63, 3.8) is 0 Å². The van der Waals surface area contributed by atoms with Crippen LogP contribution >= 0.6 is 0 Å². The van der Waals surface area contributed by atoms with Crippen molar-refractivity contribution in [1.82, 2.24) is 0 Å². The zero-order valence-electron chi connectivity index (χ0n) is 13.7. The fraction of sp³-hybridized carbons (Fsp3) is 0.100. The Bertz CT molecular complexity index is 944. The van der Waals surface area contributed by atoms with Crippen LogP contribution in [0.1, 0.15) is 18.5 Å². The van der Waals surface area contributed by atoms with Gasteiger partial charge in [-0.1, -0.05) is 54.6 Å². The molecule has 5 heteroatoms. The summed E-state index contributed by atoms with van der Waals surface area (Å²) in [7, 11) is -3.93. The first-order valence-corrected chi connectivity index (χ1v) is 9.34. The van der Waals surface area contributed by atoms with Gasteiger partial charge in [0.05, 0.1) is 16.6 Å². The maximum absolute atomic E-state index is 13.6. The highest BCUT2D eigenvalue weighted by Crippen LogP contribution is 2.33. The molecule has 3 aromatic carbocycles. The van der Waals surface area contributed by atoms with Gasteiger partial charge in [0, 0.05) is 0 Å². The molecule has 0 N–H and O–H groups in total. The van der Waals surface area contributed by atoms with Gasteiger partial charge in [0.1, 0.15) is 5.82 Å². The average molecular weight is 355 g/mol. The second-order valence-electron chi connectivity index (χ2n) is 5.68. The molecule has 128 valence electrons. The minimum absolute atomic E-state index is 0.0702. The summed E-state index contributed by atoms with van der Waals surface area (Å²) < 4.78 is 41.5. The van der Waals surface area contributed by atoms with E-state index in [9.17, 15) is 12.8 Å². The fourth-order valence-corrected chi connectivity index (χ4v) is 4.43. The van der Waals surface area contributed by atoms with Crippen LogP contribution in [0.25, 0.3) is 0 Å². The topological polar surface area (TPSA) is 37.4 Å². The molecule has 0 saturated heterocycles. The summed E-state index contributed by atoms with van der Waals surface area (Å²) in [5.74, 6) is -0.582. The molecule has 3 nitrogen and oxygen atoms in total. The Labute approximate surface area is 147 Å². The SMILES string of the molecule is CC(c1ccccc1)N(c1ccccc1)S(=O)(=O)c1cccc(F)c1. The first-order chi connectivity index (χ1) is 12.0. The van der Waals surface area contributed by atoms with Crippen molar-refractivity contribution in [2.75, 3.05) is 4.31 Å². The van der Waals surface area contributed by atoms with E-state index in [-0.39, 0.29) is 4.90 Å². The maximum atomic E-state index is 13.6. The third-order valence-electron chi connectivity index (χ3n) is 4.00. The predicted octanol–water partition coefficient (Wildman–Crippen LogP) is 4.78. The number of nitrogens with zero attached hydrogens (tertiary/aromatic N) is 1. The molecule has 1 unspecified atom stereocenters. The molecule has 0 aromatic heterocycles. The fourth-order valence-electron chi connectivity index (χ4n) is 2.75. The number of halogens is 1. The maximum Gasteiger partial charge on any atom is 0.264 e. The van der Waals surface area contributed by atoms with Gasteiger partial charge in [-0.2, -0.15) is 0 Å². The lowest BCUT2D eigenvalue weighted by molar-refractivity contribution is 0.579. The first-order valence-electron chi connectivity index (χ1n) is 7.90. The summed E-state index contributed by atoms with van der Waals surface area (Å²) in [6.07, 6.45) is 0. The van der Waals surface area contributed by atoms with Gasteiger partial charge in [-0.25, -0.2) is 12.8 Å². The minimum Gasteiger partial charge on any atom is -0.259 e. The molecule has 0 bridgehead atoms. The van der Waals surface area contributed by atoms with E-state index >= 15 is 0 Å². The number of hydrogen-bond donors (Lipinski definition) is 0. The van der Waals surface area contributed by atoms with E-state index < -0.39 is 21.9 Å². The van der Waals surface area contributed by atoms with E-state index in [1.807, 2.05) is 43.3 Å². The van der Waals surface area contributed by atoms with Crippen LogP contribution in [-0.4, -0.2) is 8.42 Å². The van der Waals surface area contributed by atoms with E-state index in [4.69, 9.17) is 0 Å². The highest BCUT2D eigenvalue weighted by Gasteiger charge is 2.30. The summed E-state index contributed by atoms with van der Waals surface area (Å²) in [4.78, 5) is -0.0702. The number of para-hydroxylation sites is 1. The lowest BCUT2D eigenvalue weighted by atomic mass is 10.1. The van der Waals surface area contributed by atoms with Crippen molar-refractivity contribution >= 4 is 15.7 Å². The Balaban J connectivity index is 2.15. The minimum atomic E-state index is -3.93. The summed E-state index contributed by atoms with van der Waals surface area (Å²) in [5, 5.41) is 0. The predicted molar refractivity (Wildman–Crippen MR) is 97.4 cm³/mol. The molecule has 0 radical (unpaired) electrons. The van der Waals surface area contributed by atoms with Crippen molar-refractivity contribution in [1.29, 1.82) is 0 Å². The standard InChI is InChI=1S/C20H18FNO2S/c1-16(17-9-4-2-5-10-17)22(19-12-6-3-7-13-19)25(23,24)20-14-8-11-18(21)15-20/h2-16H,1H3. The third kappa shape index (κ3) is 3.56. The lowest BCUT2D eigenvalue weighted by Gasteiger charge is -2.31. The van der Waals surface area contributed by atoms with Gasteiger partial charge in [0.25, 0.3) is 10.0 Å². The highest BCUT2D eigenvalue weighted by atomic mass is 32.2.